The molecule has 1 aliphatic heterocycles. The van der Waals surface area contributed by atoms with E-state index in [0.29, 0.717) is 29.6 Å². The number of para-hydroxylation sites is 1. The second kappa shape index (κ2) is 10.4. The van der Waals surface area contributed by atoms with Gasteiger partial charge in [0.15, 0.2) is 5.52 Å². The number of aromatic nitrogens is 1. The molecule has 1 aromatic heterocycles. The van der Waals surface area contributed by atoms with E-state index < -0.39 is 4.92 Å². The Hall–Kier alpha value is -3.56. The standard InChI is InChI=1S/C24H27N5O4/c1-17-14-21(20-6-3-7-22(29(31)32)24(20)26-17)25-16-18-4-2-5-19(15-18)27-23(30)8-9-28-10-12-33-13-11-28/h2-7,14-15H,8-13,16H2,1H3,(H,25,26)(H,27,30). The van der Waals surface area contributed by atoms with Crippen LogP contribution in [0.25, 0.3) is 10.9 Å². The number of anilines is 2. The molecule has 0 bridgehead atoms. The lowest BCUT2D eigenvalue weighted by Crippen LogP contribution is -2.38. The van der Waals surface area contributed by atoms with Gasteiger partial charge in [-0.05, 0) is 30.7 Å². The normalized spacial score (nSPS) is 14.2. The Morgan fingerprint density at radius 2 is 1.97 bits per heavy atom. The fraction of sp³-hybridized carbons (Fsp3) is 0.333. The largest absolute Gasteiger partial charge is 0.380 e. The minimum Gasteiger partial charge on any atom is -0.380 e. The molecule has 0 spiro atoms. The fourth-order valence-electron chi connectivity index (χ4n) is 3.92. The highest BCUT2D eigenvalue weighted by atomic mass is 16.6. The average molecular weight is 450 g/mol. The third-order valence-corrected chi connectivity index (χ3v) is 5.60. The predicted octanol–water partition coefficient (Wildman–Crippen LogP) is 3.72. The SMILES string of the molecule is Cc1cc(NCc2cccc(NC(=O)CCN3CCOCC3)c2)c2cccc([N+](=O)[O-])c2n1. The monoisotopic (exact) mass is 449 g/mol. The van der Waals surface area contributed by atoms with Crippen molar-refractivity contribution in [1.82, 2.24) is 9.88 Å². The van der Waals surface area contributed by atoms with Gasteiger partial charge in [-0.2, -0.15) is 0 Å². The zero-order chi connectivity index (χ0) is 23.2. The molecule has 9 nitrogen and oxygen atoms in total. The number of non-ortho nitro benzene ring substituents is 1. The van der Waals surface area contributed by atoms with Crippen molar-refractivity contribution < 1.29 is 14.5 Å². The smallest absolute Gasteiger partial charge is 0.295 e. The summed E-state index contributed by atoms with van der Waals surface area (Å²) in [6, 6.07) is 14.5. The van der Waals surface area contributed by atoms with E-state index >= 15 is 0 Å². The van der Waals surface area contributed by atoms with Crippen molar-refractivity contribution in [3.8, 4) is 0 Å². The van der Waals surface area contributed by atoms with Crippen molar-refractivity contribution in [3.63, 3.8) is 0 Å². The number of benzene rings is 2. The maximum Gasteiger partial charge on any atom is 0.295 e. The van der Waals surface area contributed by atoms with Crippen LogP contribution in [0.1, 0.15) is 17.7 Å². The van der Waals surface area contributed by atoms with Crippen LogP contribution < -0.4 is 10.6 Å². The van der Waals surface area contributed by atoms with E-state index in [1.54, 1.807) is 6.07 Å². The zero-order valence-corrected chi connectivity index (χ0v) is 18.5. The Labute approximate surface area is 191 Å². The average Bonchev–Trinajstić information content (AvgIpc) is 2.81. The number of pyridine rings is 1. The van der Waals surface area contributed by atoms with E-state index in [-0.39, 0.29) is 11.6 Å². The summed E-state index contributed by atoms with van der Waals surface area (Å²) >= 11 is 0. The fourth-order valence-corrected chi connectivity index (χ4v) is 3.92. The van der Waals surface area contributed by atoms with Crippen molar-refractivity contribution in [2.45, 2.75) is 19.9 Å². The molecule has 3 aromatic rings. The van der Waals surface area contributed by atoms with Gasteiger partial charge >= 0.3 is 0 Å². The maximum atomic E-state index is 12.4. The molecule has 0 unspecified atom stereocenters. The molecule has 0 radical (unpaired) electrons. The van der Waals surface area contributed by atoms with E-state index in [4.69, 9.17) is 4.74 Å². The van der Waals surface area contributed by atoms with E-state index in [1.807, 2.05) is 43.3 Å². The van der Waals surface area contributed by atoms with Crippen molar-refractivity contribution in [3.05, 3.63) is 69.9 Å². The van der Waals surface area contributed by atoms with Crippen LogP contribution in [0.5, 0.6) is 0 Å². The summed E-state index contributed by atoms with van der Waals surface area (Å²) in [7, 11) is 0. The van der Waals surface area contributed by atoms with Crippen LogP contribution in [-0.2, 0) is 16.1 Å². The first-order valence-electron chi connectivity index (χ1n) is 11.0. The second-order valence-electron chi connectivity index (χ2n) is 8.05. The van der Waals surface area contributed by atoms with Gasteiger partial charge in [-0.15, -0.1) is 0 Å². The first-order valence-corrected chi connectivity index (χ1v) is 11.0. The lowest BCUT2D eigenvalue weighted by molar-refractivity contribution is -0.383. The molecule has 2 aromatic carbocycles. The molecular formula is C24H27N5O4. The van der Waals surface area contributed by atoms with Crippen LogP contribution in [0, 0.1) is 17.0 Å². The van der Waals surface area contributed by atoms with Gasteiger partial charge in [0.1, 0.15) is 0 Å². The maximum absolute atomic E-state index is 12.4. The molecule has 0 aliphatic carbocycles. The molecule has 33 heavy (non-hydrogen) atoms. The minimum absolute atomic E-state index is 0.0129. The summed E-state index contributed by atoms with van der Waals surface area (Å²) in [6.07, 6.45) is 0.434. The lowest BCUT2D eigenvalue weighted by atomic mass is 10.1. The van der Waals surface area contributed by atoms with Crippen LogP contribution in [-0.4, -0.2) is 53.6 Å². The molecule has 4 rings (SSSR count). The van der Waals surface area contributed by atoms with Crippen LogP contribution in [0.15, 0.2) is 48.5 Å². The second-order valence-corrected chi connectivity index (χ2v) is 8.05. The van der Waals surface area contributed by atoms with Gasteiger partial charge < -0.3 is 15.4 Å². The highest BCUT2D eigenvalue weighted by Crippen LogP contribution is 2.30. The van der Waals surface area contributed by atoms with Crippen molar-refractivity contribution in [2.24, 2.45) is 0 Å². The molecular weight excluding hydrogens is 422 g/mol. The van der Waals surface area contributed by atoms with Gasteiger partial charge in [-0.25, -0.2) is 4.98 Å². The number of amides is 1. The van der Waals surface area contributed by atoms with Crippen LogP contribution in [0.4, 0.5) is 17.1 Å². The number of aryl methyl sites for hydroxylation is 1. The number of nitrogens with one attached hydrogen (secondary N) is 2. The number of nitro groups is 1. The molecule has 1 aliphatic rings. The Morgan fingerprint density at radius 1 is 1.18 bits per heavy atom. The Kier molecular flexibility index (Phi) is 7.11. The molecule has 2 N–H and O–H groups in total. The zero-order valence-electron chi connectivity index (χ0n) is 18.5. The summed E-state index contributed by atoms with van der Waals surface area (Å²) in [6.45, 7) is 6.19. The highest BCUT2D eigenvalue weighted by Gasteiger charge is 2.16. The quantitative estimate of drug-likeness (QED) is 0.398. The van der Waals surface area contributed by atoms with E-state index in [2.05, 4.69) is 20.5 Å². The molecule has 172 valence electrons. The summed E-state index contributed by atoms with van der Waals surface area (Å²) in [5.74, 6) is -0.0188. The van der Waals surface area contributed by atoms with Crippen LogP contribution >= 0.6 is 0 Å². The molecule has 2 heterocycles. The third kappa shape index (κ3) is 5.82. The molecule has 1 amide bonds. The lowest BCUT2D eigenvalue weighted by Gasteiger charge is -2.26. The molecule has 9 heteroatoms. The van der Waals surface area contributed by atoms with Gasteiger partial charge in [-0.1, -0.05) is 24.3 Å². The van der Waals surface area contributed by atoms with Gasteiger partial charge in [-0.3, -0.25) is 19.8 Å². The summed E-state index contributed by atoms with van der Waals surface area (Å²) in [5, 5.41) is 18.4. The Morgan fingerprint density at radius 3 is 2.76 bits per heavy atom. The molecule has 0 atom stereocenters. The van der Waals surface area contributed by atoms with Crippen molar-refractivity contribution >= 4 is 33.9 Å². The number of carbonyl (C=O) groups excluding carboxylic acids is 1. The van der Waals surface area contributed by atoms with Gasteiger partial charge in [0.25, 0.3) is 5.69 Å². The molecule has 0 saturated carbocycles. The number of morpholine rings is 1. The summed E-state index contributed by atoms with van der Waals surface area (Å²) in [4.78, 5) is 29.9. The summed E-state index contributed by atoms with van der Waals surface area (Å²) in [5.41, 5.74) is 3.55. The molecule has 1 saturated heterocycles. The van der Waals surface area contributed by atoms with Crippen LogP contribution in [0.2, 0.25) is 0 Å². The van der Waals surface area contributed by atoms with Crippen LogP contribution in [0.3, 0.4) is 0 Å². The minimum atomic E-state index is -0.413. The highest BCUT2D eigenvalue weighted by molar-refractivity contribution is 5.96. The Balaban J connectivity index is 1.41. The van der Waals surface area contributed by atoms with Gasteiger partial charge in [0, 0.05) is 61.1 Å². The number of nitrogens with zero attached hydrogens (tertiary/aromatic N) is 3. The first kappa shape index (κ1) is 22.6. The number of ether oxygens (including phenoxy) is 1. The number of hydrogen-bond acceptors (Lipinski definition) is 7. The van der Waals surface area contributed by atoms with Gasteiger partial charge in [0.2, 0.25) is 5.91 Å². The number of carbonyl (C=O) groups is 1. The van der Waals surface area contributed by atoms with Crippen molar-refractivity contribution in [2.75, 3.05) is 43.5 Å². The number of fused-ring (bicyclic) bond motifs is 1. The van der Waals surface area contributed by atoms with E-state index in [0.717, 1.165) is 49.8 Å². The number of rotatable bonds is 8. The third-order valence-electron chi connectivity index (χ3n) is 5.60. The summed E-state index contributed by atoms with van der Waals surface area (Å²) < 4.78 is 5.34. The van der Waals surface area contributed by atoms with Crippen molar-refractivity contribution in [1.29, 1.82) is 0 Å². The molecule has 1 fully saturated rings. The Bertz CT molecular complexity index is 1160. The predicted molar refractivity (Wildman–Crippen MR) is 127 cm³/mol. The van der Waals surface area contributed by atoms with Gasteiger partial charge in [0.05, 0.1) is 18.1 Å². The number of hydrogen-bond donors (Lipinski definition) is 2. The van der Waals surface area contributed by atoms with E-state index in [1.165, 1.54) is 6.07 Å². The number of nitro benzene ring substituents is 1. The first-order chi connectivity index (χ1) is 16.0. The van der Waals surface area contributed by atoms with E-state index in [9.17, 15) is 14.9 Å². The topological polar surface area (TPSA) is 110 Å².